The number of aliphatic hydroxyl groups excluding tert-OH is 1. The maximum atomic E-state index is 9.02. The van der Waals surface area contributed by atoms with Crippen LogP contribution < -0.4 is 4.74 Å². The molecule has 0 saturated heterocycles. The van der Waals surface area contributed by atoms with E-state index in [9.17, 15) is 0 Å². The Bertz CT molecular complexity index is 690. The van der Waals surface area contributed by atoms with Gasteiger partial charge < -0.3 is 14.4 Å². The molecule has 1 aromatic heterocycles. The minimum absolute atomic E-state index is 0.0404. The van der Waals surface area contributed by atoms with Crippen molar-refractivity contribution in [2.24, 2.45) is 0 Å². The summed E-state index contributed by atoms with van der Waals surface area (Å²) in [5.74, 6) is 1.60. The fraction of sp³-hybridized carbons (Fsp3) is 0.118. The Labute approximate surface area is 123 Å². The van der Waals surface area contributed by atoms with Crippen molar-refractivity contribution in [1.82, 2.24) is 9.55 Å². The number of benzene rings is 2. The maximum absolute atomic E-state index is 9.02. The third-order valence-corrected chi connectivity index (χ3v) is 3.23. The molecular formula is C17H16N2O2. The molecule has 0 fully saturated rings. The summed E-state index contributed by atoms with van der Waals surface area (Å²) in [4.78, 5) is 4.34. The molecule has 0 radical (unpaired) electrons. The number of rotatable bonds is 5. The fourth-order valence-corrected chi connectivity index (χ4v) is 2.10. The van der Waals surface area contributed by atoms with Crippen molar-refractivity contribution in [3.05, 3.63) is 78.4 Å². The van der Waals surface area contributed by atoms with Gasteiger partial charge in [0, 0.05) is 18.1 Å². The molecule has 0 aliphatic carbocycles. The van der Waals surface area contributed by atoms with Crippen LogP contribution in [-0.2, 0) is 13.2 Å². The molecule has 21 heavy (non-hydrogen) atoms. The first kappa shape index (κ1) is 13.4. The molecule has 1 N–H and O–H groups in total. The zero-order valence-corrected chi connectivity index (χ0v) is 11.5. The number of para-hydroxylation sites is 1. The van der Waals surface area contributed by atoms with Crippen molar-refractivity contribution in [3.8, 4) is 11.4 Å². The van der Waals surface area contributed by atoms with Gasteiger partial charge in [0.15, 0.2) is 5.82 Å². The first-order valence-electron chi connectivity index (χ1n) is 6.77. The third-order valence-electron chi connectivity index (χ3n) is 3.23. The zero-order chi connectivity index (χ0) is 14.5. The zero-order valence-electron chi connectivity index (χ0n) is 11.5. The Morgan fingerprint density at radius 3 is 2.48 bits per heavy atom. The van der Waals surface area contributed by atoms with Crippen LogP contribution in [-0.4, -0.2) is 14.7 Å². The summed E-state index contributed by atoms with van der Waals surface area (Å²) in [6.07, 6.45) is 3.68. The van der Waals surface area contributed by atoms with Crippen LogP contribution in [0.2, 0.25) is 0 Å². The summed E-state index contributed by atoms with van der Waals surface area (Å²) in [5, 5.41) is 9.02. The summed E-state index contributed by atoms with van der Waals surface area (Å²) in [6.45, 7) is 0.430. The van der Waals surface area contributed by atoms with E-state index in [0.29, 0.717) is 6.61 Å². The van der Waals surface area contributed by atoms with Crippen molar-refractivity contribution in [1.29, 1.82) is 0 Å². The van der Waals surface area contributed by atoms with Gasteiger partial charge in [0.1, 0.15) is 12.4 Å². The van der Waals surface area contributed by atoms with E-state index in [0.717, 1.165) is 22.8 Å². The predicted octanol–water partition coefficient (Wildman–Crippen LogP) is 2.94. The number of hydrogen-bond acceptors (Lipinski definition) is 3. The molecule has 106 valence electrons. The quantitative estimate of drug-likeness (QED) is 0.781. The fourth-order valence-electron chi connectivity index (χ4n) is 2.10. The van der Waals surface area contributed by atoms with Gasteiger partial charge >= 0.3 is 0 Å². The minimum atomic E-state index is 0.0404. The van der Waals surface area contributed by atoms with Gasteiger partial charge in [0.25, 0.3) is 0 Å². The van der Waals surface area contributed by atoms with Crippen LogP contribution in [0.1, 0.15) is 11.4 Å². The van der Waals surface area contributed by atoms with Gasteiger partial charge in [0.2, 0.25) is 0 Å². The highest BCUT2D eigenvalue weighted by molar-refractivity contribution is 5.33. The van der Waals surface area contributed by atoms with Crippen molar-refractivity contribution in [2.45, 2.75) is 13.2 Å². The van der Waals surface area contributed by atoms with Crippen LogP contribution in [0.15, 0.2) is 67.0 Å². The molecule has 0 saturated carbocycles. The highest BCUT2D eigenvalue weighted by atomic mass is 16.5. The average Bonchev–Trinajstić information content (AvgIpc) is 3.03. The number of ether oxygens (including phenoxy) is 1. The summed E-state index contributed by atoms with van der Waals surface area (Å²) < 4.78 is 7.75. The van der Waals surface area contributed by atoms with Gasteiger partial charge in [-0.15, -0.1) is 0 Å². The number of imidazole rings is 1. The van der Waals surface area contributed by atoms with Gasteiger partial charge in [-0.2, -0.15) is 0 Å². The molecule has 3 aromatic rings. The molecule has 4 heteroatoms. The van der Waals surface area contributed by atoms with E-state index >= 15 is 0 Å². The molecule has 0 unspecified atom stereocenters. The number of nitrogens with zero attached hydrogens (tertiary/aromatic N) is 2. The van der Waals surface area contributed by atoms with E-state index in [4.69, 9.17) is 9.84 Å². The monoisotopic (exact) mass is 280 g/mol. The van der Waals surface area contributed by atoms with E-state index in [1.165, 1.54) is 0 Å². The molecule has 0 aliphatic rings. The van der Waals surface area contributed by atoms with Crippen molar-refractivity contribution in [2.75, 3.05) is 0 Å². The molecule has 0 atom stereocenters. The predicted molar refractivity (Wildman–Crippen MR) is 80.3 cm³/mol. The SMILES string of the molecule is OCc1ccc(OCc2nccn2-c2ccccc2)cc1. The van der Waals surface area contributed by atoms with E-state index in [1.54, 1.807) is 6.20 Å². The molecule has 3 rings (SSSR count). The highest BCUT2D eigenvalue weighted by Gasteiger charge is 2.05. The first-order valence-corrected chi connectivity index (χ1v) is 6.77. The first-order chi connectivity index (χ1) is 10.4. The minimum Gasteiger partial charge on any atom is -0.486 e. The normalized spacial score (nSPS) is 10.5. The third kappa shape index (κ3) is 3.12. The standard InChI is InChI=1S/C17H16N2O2/c20-12-14-6-8-16(9-7-14)21-13-17-18-10-11-19(17)15-4-2-1-3-5-15/h1-11,20H,12-13H2. The van der Waals surface area contributed by atoms with Crippen LogP contribution in [0.5, 0.6) is 5.75 Å². The van der Waals surface area contributed by atoms with E-state index < -0.39 is 0 Å². The second kappa shape index (κ2) is 6.24. The lowest BCUT2D eigenvalue weighted by Gasteiger charge is -2.09. The Hall–Kier alpha value is -2.59. The van der Waals surface area contributed by atoms with E-state index in [-0.39, 0.29) is 6.61 Å². The second-order valence-corrected chi connectivity index (χ2v) is 4.64. The molecule has 1 heterocycles. The topological polar surface area (TPSA) is 47.3 Å². The largest absolute Gasteiger partial charge is 0.486 e. The van der Waals surface area contributed by atoms with Crippen molar-refractivity contribution in [3.63, 3.8) is 0 Å². The van der Waals surface area contributed by atoms with Crippen LogP contribution in [0.25, 0.3) is 5.69 Å². The van der Waals surface area contributed by atoms with Gasteiger partial charge in [-0.1, -0.05) is 30.3 Å². The van der Waals surface area contributed by atoms with Gasteiger partial charge in [0.05, 0.1) is 6.61 Å². The van der Waals surface area contributed by atoms with Crippen LogP contribution in [0.3, 0.4) is 0 Å². The summed E-state index contributed by atoms with van der Waals surface area (Å²) in [7, 11) is 0. The molecular weight excluding hydrogens is 264 g/mol. The van der Waals surface area contributed by atoms with Crippen molar-refractivity contribution >= 4 is 0 Å². The lowest BCUT2D eigenvalue weighted by molar-refractivity contribution is 0.280. The molecule has 0 spiro atoms. The summed E-state index contributed by atoms with van der Waals surface area (Å²) in [5.41, 5.74) is 1.93. The number of hydrogen-bond donors (Lipinski definition) is 1. The molecule has 0 amide bonds. The highest BCUT2D eigenvalue weighted by Crippen LogP contribution is 2.15. The number of aliphatic hydroxyl groups is 1. The molecule has 4 nitrogen and oxygen atoms in total. The Kier molecular flexibility index (Phi) is 3.98. The maximum Gasteiger partial charge on any atom is 0.151 e. The lowest BCUT2D eigenvalue weighted by atomic mass is 10.2. The van der Waals surface area contributed by atoms with Crippen LogP contribution in [0, 0.1) is 0 Å². The van der Waals surface area contributed by atoms with Crippen LogP contribution >= 0.6 is 0 Å². The van der Waals surface area contributed by atoms with Gasteiger partial charge in [-0.3, -0.25) is 0 Å². The van der Waals surface area contributed by atoms with Crippen molar-refractivity contribution < 1.29 is 9.84 Å². The smallest absolute Gasteiger partial charge is 0.151 e. The molecule has 2 aromatic carbocycles. The summed E-state index contributed by atoms with van der Waals surface area (Å²) in [6, 6.07) is 17.4. The van der Waals surface area contributed by atoms with E-state index in [2.05, 4.69) is 4.98 Å². The van der Waals surface area contributed by atoms with E-state index in [1.807, 2.05) is 65.4 Å². The Morgan fingerprint density at radius 2 is 1.76 bits per heavy atom. The molecule has 0 aliphatic heterocycles. The van der Waals surface area contributed by atoms with Gasteiger partial charge in [-0.05, 0) is 29.8 Å². The number of aromatic nitrogens is 2. The second-order valence-electron chi connectivity index (χ2n) is 4.64. The Balaban J connectivity index is 1.72. The lowest BCUT2D eigenvalue weighted by Crippen LogP contribution is -2.05. The Morgan fingerprint density at radius 1 is 1.00 bits per heavy atom. The molecule has 0 bridgehead atoms. The average molecular weight is 280 g/mol. The summed E-state index contributed by atoms with van der Waals surface area (Å²) >= 11 is 0. The van der Waals surface area contributed by atoms with Crippen LogP contribution in [0.4, 0.5) is 0 Å². The van der Waals surface area contributed by atoms with Gasteiger partial charge in [-0.25, -0.2) is 4.98 Å².